The molecule has 10 nitrogen and oxygen atoms in total. The number of aromatic nitrogens is 7. The maximum atomic E-state index is 14.8. The Morgan fingerprint density at radius 2 is 2.03 bits per heavy atom. The zero-order valence-corrected chi connectivity index (χ0v) is 19.7. The summed E-state index contributed by atoms with van der Waals surface area (Å²) >= 11 is 6.26. The smallest absolute Gasteiger partial charge is 0.338 e. The van der Waals surface area contributed by atoms with Crippen molar-refractivity contribution in [1.82, 2.24) is 34.7 Å². The molecule has 5 aromatic rings. The van der Waals surface area contributed by atoms with Crippen LogP contribution >= 0.6 is 11.6 Å². The number of carboxylic acid groups (broad SMARTS) is 1. The Kier molecular flexibility index (Phi) is 5.41. The lowest BCUT2D eigenvalue weighted by Crippen LogP contribution is -2.23. The van der Waals surface area contributed by atoms with Crippen LogP contribution in [0.3, 0.4) is 0 Å². The van der Waals surface area contributed by atoms with Crippen LogP contribution in [0.15, 0.2) is 65.8 Å². The summed E-state index contributed by atoms with van der Waals surface area (Å²) in [7, 11) is 0. The van der Waals surface area contributed by atoms with Crippen molar-refractivity contribution in [3.63, 3.8) is 0 Å². The second-order valence-electron chi connectivity index (χ2n) is 8.57. The fourth-order valence-electron chi connectivity index (χ4n) is 4.77. The van der Waals surface area contributed by atoms with Gasteiger partial charge in [0.1, 0.15) is 18.0 Å². The average Bonchev–Trinajstić information content (AvgIpc) is 3.64. The molecule has 0 saturated heterocycles. The first-order chi connectivity index (χ1) is 17.9. The molecular weight excluding hydrogens is 501 g/mol. The third kappa shape index (κ3) is 3.89. The minimum absolute atomic E-state index is 0.0932. The van der Waals surface area contributed by atoms with Crippen molar-refractivity contribution in [1.29, 1.82) is 0 Å². The monoisotopic (exact) mass is 517 g/mol. The van der Waals surface area contributed by atoms with Gasteiger partial charge in [-0.2, -0.15) is 4.68 Å². The number of rotatable bonds is 5. The van der Waals surface area contributed by atoms with Crippen molar-refractivity contribution < 1.29 is 14.3 Å². The number of carboxylic acids is 1. The third-order valence-electron chi connectivity index (χ3n) is 6.43. The van der Waals surface area contributed by atoms with Gasteiger partial charge in [-0.1, -0.05) is 17.7 Å². The molecule has 12 heteroatoms. The number of pyridine rings is 1. The van der Waals surface area contributed by atoms with Crippen LogP contribution < -0.4 is 5.56 Å². The van der Waals surface area contributed by atoms with E-state index in [1.807, 2.05) is 6.07 Å². The molecule has 4 heterocycles. The van der Waals surface area contributed by atoms with Crippen LogP contribution in [0.2, 0.25) is 5.02 Å². The highest BCUT2D eigenvalue weighted by Gasteiger charge is 2.28. The van der Waals surface area contributed by atoms with Crippen LogP contribution in [0, 0.1) is 5.82 Å². The number of carbonyl (C=O) groups is 1. The van der Waals surface area contributed by atoms with Gasteiger partial charge in [-0.3, -0.25) is 4.79 Å². The van der Waals surface area contributed by atoms with Gasteiger partial charge in [0.15, 0.2) is 0 Å². The molecule has 0 unspecified atom stereocenters. The molecule has 1 aliphatic heterocycles. The van der Waals surface area contributed by atoms with E-state index in [0.717, 1.165) is 5.69 Å². The van der Waals surface area contributed by atoms with Crippen LogP contribution in [-0.2, 0) is 6.42 Å². The van der Waals surface area contributed by atoms with E-state index in [9.17, 15) is 19.1 Å². The fraction of sp³-hybridized carbons (Fsp3) is 0.120. The lowest BCUT2D eigenvalue weighted by atomic mass is 10.0. The number of aryl methyl sites for hydroxylation is 1. The molecule has 0 bridgehead atoms. The van der Waals surface area contributed by atoms with Crippen molar-refractivity contribution >= 4 is 17.6 Å². The van der Waals surface area contributed by atoms with Crippen LogP contribution in [-0.4, -0.2) is 45.8 Å². The Morgan fingerprint density at radius 3 is 2.81 bits per heavy atom. The molecule has 0 radical (unpaired) electrons. The van der Waals surface area contributed by atoms with E-state index in [-0.39, 0.29) is 17.2 Å². The number of benzene rings is 2. The first kappa shape index (κ1) is 22.8. The van der Waals surface area contributed by atoms with Crippen molar-refractivity contribution in [3.05, 3.63) is 99.3 Å². The van der Waals surface area contributed by atoms with Crippen LogP contribution in [0.1, 0.15) is 34.3 Å². The highest BCUT2D eigenvalue weighted by atomic mass is 35.5. The fourth-order valence-corrected chi connectivity index (χ4v) is 4.94. The number of hydrogen-bond donors (Lipinski definition) is 2. The zero-order valence-electron chi connectivity index (χ0n) is 19.0. The second kappa shape index (κ2) is 8.79. The Morgan fingerprint density at radius 1 is 1.16 bits per heavy atom. The largest absolute Gasteiger partial charge is 0.478 e. The Bertz CT molecular complexity index is 1730. The molecule has 0 saturated carbocycles. The molecule has 0 fully saturated rings. The number of hydrogen-bond acceptors (Lipinski definition) is 6. The number of aromatic carboxylic acids is 1. The van der Waals surface area contributed by atoms with Crippen molar-refractivity contribution in [2.24, 2.45) is 0 Å². The molecule has 2 aromatic carbocycles. The van der Waals surface area contributed by atoms with Gasteiger partial charge in [-0.05, 0) is 65.2 Å². The maximum Gasteiger partial charge on any atom is 0.338 e. The highest BCUT2D eigenvalue weighted by molar-refractivity contribution is 6.31. The SMILES string of the molecule is O=C(O)c1cccc(-c2cnc([C@@H]3CCc4cc(-c5cc(Cl)ccc5-n5cnnn5)cc(=O)n43)[nH]2)c1F. The van der Waals surface area contributed by atoms with Gasteiger partial charge >= 0.3 is 5.97 Å². The number of H-pyrrole nitrogens is 1. The van der Waals surface area contributed by atoms with Gasteiger partial charge in [0.25, 0.3) is 5.56 Å². The van der Waals surface area contributed by atoms with Crippen LogP contribution in [0.5, 0.6) is 0 Å². The number of nitrogens with one attached hydrogen (secondary N) is 1. The Balaban J connectivity index is 1.38. The Labute approximate surface area is 213 Å². The minimum Gasteiger partial charge on any atom is -0.478 e. The minimum atomic E-state index is -1.35. The summed E-state index contributed by atoms with van der Waals surface area (Å²) in [6.45, 7) is 0. The van der Waals surface area contributed by atoms with E-state index in [0.29, 0.717) is 46.2 Å². The molecule has 6 rings (SSSR count). The summed E-state index contributed by atoms with van der Waals surface area (Å²) in [5.74, 6) is -1.71. The second-order valence-corrected chi connectivity index (χ2v) is 9.00. The molecule has 184 valence electrons. The predicted octanol–water partition coefficient (Wildman–Crippen LogP) is 3.91. The van der Waals surface area contributed by atoms with E-state index in [1.54, 1.807) is 22.8 Å². The van der Waals surface area contributed by atoms with Crippen molar-refractivity contribution in [2.45, 2.75) is 18.9 Å². The average molecular weight is 518 g/mol. The van der Waals surface area contributed by atoms with E-state index in [4.69, 9.17) is 11.6 Å². The molecule has 0 spiro atoms. The molecule has 3 aromatic heterocycles. The van der Waals surface area contributed by atoms with Crippen LogP contribution in [0.4, 0.5) is 4.39 Å². The number of nitrogens with zero attached hydrogens (tertiary/aromatic N) is 6. The summed E-state index contributed by atoms with van der Waals surface area (Å²) in [6.07, 6.45) is 4.14. The lowest BCUT2D eigenvalue weighted by Gasteiger charge is -2.15. The standard InChI is InChI=1S/C25H17ClFN7O3/c26-14-4-6-20(33-12-29-31-32-33)18(10-14)13-8-15-5-7-21(34(15)22(35)9-13)24-28-11-19(30-24)16-2-1-3-17(23(16)27)25(36)37/h1-4,6,8-12,21H,5,7H2,(H,28,30)(H,36,37)/t21-/m0/s1. The quantitative estimate of drug-likeness (QED) is 0.361. The molecule has 0 amide bonds. The molecular formula is C25H17ClFN7O3. The first-order valence-electron chi connectivity index (χ1n) is 11.3. The number of tetrazole rings is 1. The van der Waals surface area contributed by atoms with E-state index in [1.165, 1.54) is 41.5 Å². The zero-order chi connectivity index (χ0) is 25.7. The summed E-state index contributed by atoms with van der Waals surface area (Å²) < 4.78 is 17.9. The highest BCUT2D eigenvalue weighted by Crippen LogP contribution is 2.34. The van der Waals surface area contributed by atoms with Gasteiger partial charge in [-0.15, -0.1) is 5.10 Å². The van der Waals surface area contributed by atoms with Crippen LogP contribution in [0.25, 0.3) is 28.1 Å². The van der Waals surface area contributed by atoms with E-state index in [2.05, 4.69) is 25.5 Å². The first-order valence-corrected chi connectivity index (χ1v) is 11.6. The summed E-state index contributed by atoms with van der Waals surface area (Å²) in [6, 6.07) is 12.5. The van der Waals surface area contributed by atoms with Crippen molar-refractivity contribution in [3.8, 4) is 28.1 Å². The third-order valence-corrected chi connectivity index (χ3v) is 6.66. The summed E-state index contributed by atoms with van der Waals surface area (Å²) in [5.41, 5.74) is 2.65. The molecule has 1 aliphatic rings. The number of aromatic amines is 1. The Hall–Kier alpha value is -4.64. The topological polar surface area (TPSA) is 132 Å². The van der Waals surface area contributed by atoms with E-state index < -0.39 is 17.3 Å². The number of halogens is 2. The normalized spacial score (nSPS) is 14.6. The molecule has 0 aliphatic carbocycles. The molecule has 37 heavy (non-hydrogen) atoms. The van der Waals surface area contributed by atoms with Gasteiger partial charge in [0, 0.05) is 27.9 Å². The van der Waals surface area contributed by atoms with Gasteiger partial charge in [0.2, 0.25) is 0 Å². The lowest BCUT2D eigenvalue weighted by molar-refractivity contribution is 0.0692. The molecule has 2 N–H and O–H groups in total. The number of fused-ring (bicyclic) bond motifs is 1. The summed E-state index contributed by atoms with van der Waals surface area (Å²) in [4.78, 5) is 32.1. The molecule has 1 atom stereocenters. The maximum absolute atomic E-state index is 14.8. The van der Waals surface area contributed by atoms with Crippen molar-refractivity contribution in [2.75, 3.05) is 0 Å². The van der Waals surface area contributed by atoms with Gasteiger partial charge < -0.3 is 14.7 Å². The van der Waals surface area contributed by atoms with Gasteiger partial charge in [0.05, 0.1) is 29.2 Å². The van der Waals surface area contributed by atoms with E-state index >= 15 is 0 Å². The summed E-state index contributed by atoms with van der Waals surface area (Å²) in [5, 5.41) is 21.1. The van der Waals surface area contributed by atoms with Gasteiger partial charge in [-0.25, -0.2) is 14.2 Å². The predicted molar refractivity (Wildman–Crippen MR) is 131 cm³/mol. The number of imidazole rings is 1.